The van der Waals surface area contributed by atoms with Crippen LogP contribution in [0.15, 0.2) is 72.8 Å². The summed E-state index contributed by atoms with van der Waals surface area (Å²) in [5, 5.41) is 13.2. The van der Waals surface area contributed by atoms with E-state index in [1.165, 1.54) is 0 Å². The minimum Gasteiger partial charge on any atom is -0.352 e. The molecular formula is C23H18Cl2N2O. The van der Waals surface area contributed by atoms with Gasteiger partial charge in [-0.2, -0.15) is 5.26 Å². The van der Waals surface area contributed by atoms with Crippen LogP contribution in [0, 0.1) is 11.3 Å². The molecule has 0 unspecified atom stereocenters. The molecule has 0 bridgehead atoms. The molecule has 5 heteroatoms. The summed E-state index contributed by atoms with van der Waals surface area (Å²) in [5.74, 6) is -0.0498. The summed E-state index contributed by atoms with van der Waals surface area (Å²) in [7, 11) is 0. The molecule has 3 aromatic carbocycles. The predicted molar refractivity (Wildman–Crippen MR) is 113 cm³/mol. The fourth-order valence-electron chi connectivity index (χ4n) is 3.04. The molecule has 0 aliphatic heterocycles. The van der Waals surface area contributed by atoms with Gasteiger partial charge in [0.05, 0.1) is 11.6 Å². The van der Waals surface area contributed by atoms with Gasteiger partial charge in [-0.1, -0.05) is 47.5 Å². The third-order valence-corrected chi connectivity index (χ3v) is 5.04. The number of rotatable bonds is 6. The van der Waals surface area contributed by atoms with Crippen LogP contribution in [0.3, 0.4) is 0 Å². The Hall–Kier alpha value is -2.80. The Morgan fingerprint density at radius 2 is 1.36 bits per heavy atom. The van der Waals surface area contributed by atoms with Crippen LogP contribution in [0.2, 0.25) is 10.0 Å². The summed E-state index contributed by atoms with van der Waals surface area (Å²) in [5.41, 5.74) is 3.31. The smallest absolute Gasteiger partial charge is 0.251 e. The van der Waals surface area contributed by atoms with Crippen molar-refractivity contribution in [1.29, 1.82) is 5.26 Å². The molecule has 3 rings (SSSR count). The molecule has 28 heavy (non-hydrogen) atoms. The molecule has 3 nitrogen and oxygen atoms in total. The molecule has 0 saturated carbocycles. The lowest BCUT2D eigenvalue weighted by atomic mass is 9.88. The SMILES string of the molecule is N#Cc1ccc(C(=O)NCCC(c2ccc(Cl)cc2)c2ccc(Cl)cc2)cc1. The molecule has 0 spiro atoms. The third kappa shape index (κ3) is 5.13. The summed E-state index contributed by atoms with van der Waals surface area (Å²) >= 11 is 12.0. The first-order valence-corrected chi connectivity index (χ1v) is 9.61. The molecule has 0 atom stereocenters. The number of halogens is 2. The van der Waals surface area contributed by atoms with Gasteiger partial charge in [0.2, 0.25) is 0 Å². The summed E-state index contributed by atoms with van der Waals surface area (Å²) < 4.78 is 0. The van der Waals surface area contributed by atoms with Crippen LogP contribution in [-0.2, 0) is 0 Å². The molecule has 0 aromatic heterocycles. The van der Waals surface area contributed by atoms with E-state index in [9.17, 15) is 4.79 Å². The Bertz CT molecular complexity index is 930. The van der Waals surface area contributed by atoms with E-state index in [-0.39, 0.29) is 11.8 Å². The third-order valence-electron chi connectivity index (χ3n) is 4.54. The number of benzene rings is 3. The summed E-state index contributed by atoms with van der Waals surface area (Å²) in [6.45, 7) is 0.509. The van der Waals surface area contributed by atoms with Gasteiger partial charge >= 0.3 is 0 Å². The van der Waals surface area contributed by atoms with Gasteiger partial charge in [0.1, 0.15) is 0 Å². The van der Waals surface area contributed by atoms with Crippen LogP contribution in [0.4, 0.5) is 0 Å². The van der Waals surface area contributed by atoms with E-state index in [1.807, 2.05) is 54.6 Å². The second-order valence-electron chi connectivity index (χ2n) is 6.39. The average molecular weight is 409 g/mol. The lowest BCUT2D eigenvalue weighted by molar-refractivity contribution is 0.0953. The van der Waals surface area contributed by atoms with Crippen LogP contribution in [0.5, 0.6) is 0 Å². The van der Waals surface area contributed by atoms with Crippen molar-refractivity contribution in [2.24, 2.45) is 0 Å². The molecule has 3 aromatic rings. The zero-order valence-electron chi connectivity index (χ0n) is 15.0. The van der Waals surface area contributed by atoms with Crippen molar-refractivity contribution in [3.05, 3.63) is 105 Å². The van der Waals surface area contributed by atoms with Gasteiger partial charge in [0, 0.05) is 28.1 Å². The van der Waals surface area contributed by atoms with E-state index in [4.69, 9.17) is 28.5 Å². The monoisotopic (exact) mass is 408 g/mol. The standard InChI is InChI=1S/C23H18Cl2N2O/c24-20-9-5-17(6-10-20)22(18-7-11-21(25)12-8-18)13-14-27-23(28)19-3-1-16(15-26)2-4-19/h1-12,22H,13-14H2,(H,27,28). The summed E-state index contributed by atoms with van der Waals surface area (Å²) in [6, 6.07) is 24.1. The van der Waals surface area contributed by atoms with Gasteiger partial charge in [0.15, 0.2) is 0 Å². The van der Waals surface area contributed by atoms with Gasteiger partial charge in [-0.25, -0.2) is 0 Å². The largest absolute Gasteiger partial charge is 0.352 e. The summed E-state index contributed by atoms with van der Waals surface area (Å²) in [6.07, 6.45) is 0.727. The maximum atomic E-state index is 12.4. The molecular weight excluding hydrogens is 391 g/mol. The molecule has 0 heterocycles. The van der Waals surface area contributed by atoms with Crippen LogP contribution in [-0.4, -0.2) is 12.5 Å². The van der Waals surface area contributed by atoms with Crippen molar-refractivity contribution in [2.45, 2.75) is 12.3 Å². The highest BCUT2D eigenvalue weighted by molar-refractivity contribution is 6.30. The lowest BCUT2D eigenvalue weighted by Crippen LogP contribution is -2.25. The van der Waals surface area contributed by atoms with Crippen molar-refractivity contribution in [3.8, 4) is 6.07 Å². The second-order valence-corrected chi connectivity index (χ2v) is 7.26. The van der Waals surface area contributed by atoms with E-state index in [0.717, 1.165) is 17.5 Å². The van der Waals surface area contributed by atoms with Crippen LogP contribution >= 0.6 is 23.2 Å². The van der Waals surface area contributed by atoms with Crippen molar-refractivity contribution < 1.29 is 4.79 Å². The Kier molecular flexibility index (Phi) is 6.71. The molecule has 0 radical (unpaired) electrons. The van der Waals surface area contributed by atoms with Crippen LogP contribution < -0.4 is 5.32 Å². The number of nitrogens with zero attached hydrogens (tertiary/aromatic N) is 1. The number of carbonyl (C=O) groups excluding carboxylic acids is 1. The fraction of sp³-hybridized carbons (Fsp3) is 0.130. The van der Waals surface area contributed by atoms with Crippen molar-refractivity contribution in [1.82, 2.24) is 5.32 Å². The van der Waals surface area contributed by atoms with Crippen molar-refractivity contribution >= 4 is 29.1 Å². The molecule has 0 saturated heterocycles. The van der Waals surface area contributed by atoms with Crippen molar-refractivity contribution in [2.75, 3.05) is 6.54 Å². The highest BCUT2D eigenvalue weighted by Gasteiger charge is 2.15. The first kappa shape index (κ1) is 19.9. The zero-order chi connectivity index (χ0) is 19.9. The highest BCUT2D eigenvalue weighted by Crippen LogP contribution is 2.29. The number of amides is 1. The Balaban J connectivity index is 1.70. The average Bonchev–Trinajstić information content (AvgIpc) is 2.73. The first-order valence-electron chi connectivity index (χ1n) is 8.86. The number of nitriles is 1. The van der Waals surface area contributed by atoms with Crippen molar-refractivity contribution in [3.63, 3.8) is 0 Å². The Morgan fingerprint density at radius 3 is 1.82 bits per heavy atom. The van der Waals surface area contributed by atoms with Gasteiger partial charge in [0.25, 0.3) is 5.91 Å². The van der Waals surface area contributed by atoms with Crippen LogP contribution in [0.1, 0.15) is 39.4 Å². The molecule has 1 N–H and O–H groups in total. The number of hydrogen-bond acceptors (Lipinski definition) is 2. The van der Waals surface area contributed by atoms with Crippen LogP contribution in [0.25, 0.3) is 0 Å². The number of hydrogen-bond donors (Lipinski definition) is 1. The minimum atomic E-state index is -0.157. The van der Waals surface area contributed by atoms with Gasteiger partial charge < -0.3 is 5.32 Å². The first-order chi connectivity index (χ1) is 13.6. The molecule has 0 aliphatic rings. The van der Waals surface area contributed by atoms with E-state index >= 15 is 0 Å². The second kappa shape index (κ2) is 9.41. The zero-order valence-corrected chi connectivity index (χ0v) is 16.5. The molecule has 0 fully saturated rings. The predicted octanol–water partition coefficient (Wildman–Crippen LogP) is 5.82. The Morgan fingerprint density at radius 1 is 0.857 bits per heavy atom. The molecule has 140 valence electrons. The van der Waals surface area contributed by atoms with E-state index in [1.54, 1.807) is 24.3 Å². The quantitative estimate of drug-likeness (QED) is 0.558. The lowest BCUT2D eigenvalue weighted by Gasteiger charge is -2.19. The minimum absolute atomic E-state index is 0.107. The van der Waals surface area contributed by atoms with E-state index in [0.29, 0.717) is 27.7 Å². The van der Waals surface area contributed by atoms with Gasteiger partial charge in [-0.05, 0) is 66.1 Å². The van der Waals surface area contributed by atoms with Gasteiger partial charge in [-0.15, -0.1) is 0 Å². The maximum Gasteiger partial charge on any atom is 0.251 e. The Labute approximate surface area is 174 Å². The highest BCUT2D eigenvalue weighted by atomic mass is 35.5. The van der Waals surface area contributed by atoms with Gasteiger partial charge in [-0.3, -0.25) is 4.79 Å². The molecule has 1 amide bonds. The number of carbonyl (C=O) groups is 1. The fourth-order valence-corrected chi connectivity index (χ4v) is 3.30. The summed E-state index contributed by atoms with van der Waals surface area (Å²) in [4.78, 5) is 12.4. The van der Waals surface area contributed by atoms with E-state index < -0.39 is 0 Å². The van der Waals surface area contributed by atoms with E-state index in [2.05, 4.69) is 5.32 Å². The molecule has 0 aliphatic carbocycles. The number of nitrogens with one attached hydrogen (secondary N) is 1. The maximum absolute atomic E-state index is 12.4. The topological polar surface area (TPSA) is 52.9 Å². The normalized spacial score (nSPS) is 10.5.